The molecule has 18 heavy (non-hydrogen) atoms. The van der Waals surface area contributed by atoms with E-state index in [0.29, 0.717) is 12.1 Å². The fourth-order valence-electron chi connectivity index (χ4n) is 2.36. The molecular weight excluding hydrogens is 248 g/mol. The number of nitrogens with zero attached hydrogens (tertiary/aromatic N) is 1. The number of nitrogens with two attached hydrogens (primary N) is 1. The molecule has 1 aromatic rings. The zero-order chi connectivity index (χ0) is 13.0. The molecule has 0 unspecified atom stereocenters. The summed E-state index contributed by atoms with van der Waals surface area (Å²) in [6.07, 6.45) is 3.15. The largest absolute Gasteiger partial charge is 0.398 e. The van der Waals surface area contributed by atoms with Gasteiger partial charge in [0.15, 0.2) is 9.84 Å². The molecule has 1 aromatic carbocycles. The maximum atomic E-state index is 12.1. The Morgan fingerprint density at radius 3 is 2.50 bits per heavy atom. The monoisotopic (exact) mass is 268 g/mol. The van der Waals surface area contributed by atoms with Crippen LogP contribution in [0.4, 0.5) is 5.69 Å². The van der Waals surface area contributed by atoms with Gasteiger partial charge < -0.3 is 10.6 Å². The highest BCUT2D eigenvalue weighted by Crippen LogP contribution is 2.19. The van der Waals surface area contributed by atoms with Gasteiger partial charge in [-0.25, -0.2) is 8.42 Å². The van der Waals surface area contributed by atoms with Crippen LogP contribution in [0.15, 0.2) is 29.2 Å². The molecule has 1 aliphatic heterocycles. The Morgan fingerprint density at radius 2 is 1.83 bits per heavy atom. The van der Waals surface area contributed by atoms with Crippen LogP contribution < -0.4 is 5.73 Å². The molecule has 0 amide bonds. The molecule has 2 N–H and O–H groups in total. The van der Waals surface area contributed by atoms with Gasteiger partial charge in [-0.1, -0.05) is 12.1 Å². The first-order valence-electron chi connectivity index (χ1n) is 6.39. The van der Waals surface area contributed by atoms with E-state index in [2.05, 4.69) is 4.90 Å². The lowest BCUT2D eigenvalue weighted by Crippen LogP contribution is -2.22. The molecule has 0 atom stereocenters. The van der Waals surface area contributed by atoms with Gasteiger partial charge in [0.2, 0.25) is 0 Å². The van der Waals surface area contributed by atoms with Gasteiger partial charge in [0.1, 0.15) is 0 Å². The van der Waals surface area contributed by atoms with Crippen molar-refractivity contribution in [1.82, 2.24) is 4.90 Å². The van der Waals surface area contributed by atoms with E-state index in [4.69, 9.17) is 5.73 Å². The minimum absolute atomic E-state index is 0.178. The molecule has 1 saturated heterocycles. The maximum absolute atomic E-state index is 12.1. The summed E-state index contributed by atoms with van der Waals surface area (Å²) in [6.45, 7) is 3.08. The standard InChI is InChI=1S/C13H20N2O2S/c14-12-6-1-2-7-13(12)18(16,17)11-5-10-15-8-3-4-9-15/h1-2,6-7H,3-5,8-11,14H2. The van der Waals surface area contributed by atoms with E-state index in [9.17, 15) is 8.42 Å². The average molecular weight is 268 g/mol. The van der Waals surface area contributed by atoms with Crippen molar-refractivity contribution in [2.24, 2.45) is 0 Å². The lowest BCUT2D eigenvalue weighted by Gasteiger charge is -2.14. The molecule has 0 spiro atoms. The van der Waals surface area contributed by atoms with Crippen LogP contribution >= 0.6 is 0 Å². The highest BCUT2D eigenvalue weighted by molar-refractivity contribution is 7.91. The fourth-order valence-corrected chi connectivity index (χ4v) is 3.80. The summed E-state index contributed by atoms with van der Waals surface area (Å²) >= 11 is 0. The lowest BCUT2D eigenvalue weighted by atomic mass is 10.3. The van der Waals surface area contributed by atoms with Crippen molar-refractivity contribution in [2.75, 3.05) is 31.1 Å². The van der Waals surface area contributed by atoms with E-state index >= 15 is 0 Å². The second kappa shape index (κ2) is 5.71. The van der Waals surface area contributed by atoms with E-state index in [1.807, 2.05) is 0 Å². The molecule has 4 nitrogen and oxygen atoms in total. The first-order chi connectivity index (χ1) is 8.59. The maximum Gasteiger partial charge on any atom is 0.180 e. The second-order valence-electron chi connectivity index (χ2n) is 4.76. The minimum atomic E-state index is -3.23. The molecule has 0 aromatic heterocycles. The van der Waals surface area contributed by atoms with Gasteiger partial charge in [0, 0.05) is 0 Å². The van der Waals surface area contributed by atoms with Crippen LogP contribution in [0.5, 0.6) is 0 Å². The lowest BCUT2D eigenvalue weighted by molar-refractivity contribution is 0.340. The number of hydrogen-bond donors (Lipinski definition) is 1. The predicted octanol–water partition coefficient (Wildman–Crippen LogP) is 1.53. The second-order valence-corrected chi connectivity index (χ2v) is 6.84. The van der Waals surface area contributed by atoms with Crippen LogP contribution in [0.1, 0.15) is 19.3 Å². The first kappa shape index (κ1) is 13.4. The van der Waals surface area contributed by atoms with E-state index in [1.54, 1.807) is 24.3 Å². The zero-order valence-electron chi connectivity index (χ0n) is 10.5. The topological polar surface area (TPSA) is 63.4 Å². The van der Waals surface area contributed by atoms with Crippen LogP contribution in [-0.4, -0.2) is 38.7 Å². The predicted molar refractivity (Wildman–Crippen MR) is 73.2 cm³/mol. The smallest absolute Gasteiger partial charge is 0.180 e. The van der Waals surface area contributed by atoms with Crippen molar-refractivity contribution in [3.63, 3.8) is 0 Å². The van der Waals surface area contributed by atoms with Gasteiger partial charge in [-0.2, -0.15) is 0 Å². The van der Waals surface area contributed by atoms with E-state index in [0.717, 1.165) is 19.6 Å². The van der Waals surface area contributed by atoms with E-state index < -0.39 is 9.84 Å². The van der Waals surface area contributed by atoms with Gasteiger partial charge >= 0.3 is 0 Å². The number of rotatable bonds is 5. The zero-order valence-corrected chi connectivity index (χ0v) is 11.3. The highest BCUT2D eigenvalue weighted by atomic mass is 32.2. The molecule has 100 valence electrons. The minimum Gasteiger partial charge on any atom is -0.398 e. The number of benzene rings is 1. The molecule has 0 saturated carbocycles. The molecule has 0 radical (unpaired) electrons. The van der Waals surface area contributed by atoms with Crippen molar-refractivity contribution in [3.05, 3.63) is 24.3 Å². The summed E-state index contributed by atoms with van der Waals surface area (Å²) in [7, 11) is -3.23. The Morgan fingerprint density at radius 1 is 1.17 bits per heavy atom. The Labute approximate surface area is 109 Å². The number of para-hydroxylation sites is 1. The summed E-state index contributed by atoms with van der Waals surface area (Å²) in [6, 6.07) is 6.68. The summed E-state index contributed by atoms with van der Waals surface area (Å²) in [5.74, 6) is 0.178. The molecule has 2 rings (SSSR count). The third-order valence-electron chi connectivity index (χ3n) is 3.34. The van der Waals surface area contributed by atoms with Crippen molar-refractivity contribution in [1.29, 1.82) is 0 Å². The Hall–Kier alpha value is -1.07. The fraction of sp³-hybridized carbons (Fsp3) is 0.538. The molecule has 0 aliphatic carbocycles. The molecule has 1 fully saturated rings. The van der Waals surface area contributed by atoms with E-state index in [-0.39, 0.29) is 10.6 Å². The summed E-state index contributed by atoms with van der Waals surface area (Å²) in [5, 5.41) is 0. The number of sulfone groups is 1. The third kappa shape index (κ3) is 3.23. The molecule has 5 heteroatoms. The van der Waals surface area contributed by atoms with Gasteiger partial charge in [-0.05, 0) is 51.0 Å². The van der Waals surface area contributed by atoms with Crippen molar-refractivity contribution in [3.8, 4) is 0 Å². The number of nitrogen functional groups attached to an aromatic ring is 1. The van der Waals surface area contributed by atoms with Crippen LogP contribution in [0.2, 0.25) is 0 Å². The first-order valence-corrected chi connectivity index (χ1v) is 8.04. The quantitative estimate of drug-likeness (QED) is 0.823. The van der Waals surface area contributed by atoms with Gasteiger partial charge in [-0.15, -0.1) is 0 Å². The summed E-state index contributed by atoms with van der Waals surface area (Å²) < 4.78 is 24.3. The van der Waals surface area contributed by atoms with E-state index in [1.165, 1.54) is 12.8 Å². The van der Waals surface area contributed by atoms with Crippen LogP contribution in [0, 0.1) is 0 Å². The van der Waals surface area contributed by atoms with Crippen molar-refractivity contribution >= 4 is 15.5 Å². The van der Waals surface area contributed by atoms with Crippen molar-refractivity contribution < 1.29 is 8.42 Å². The Kier molecular flexibility index (Phi) is 4.24. The van der Waals surface area contributed by atoms with Crippen molar-refractivity contribution in [2.45, 2.75) is 24.2 Å². The molecule has 0 bridgehead atoms. The van der Waals surface area contributed by atoms with Gasteiger partial charge in [0.05, 0.1) is 16.3 Å². The molecule has 1 aliphatic rings. The molecular formula is C13H20N2O2S. The highest BCUT2D eigenvalue weighted by Gasteiger charge is 2.18. The Bertz CT molecular complexity index is 493. The van der Waals surface area contributed by atoms with Gasteiger partial charge in [-0.3, -0.25) is 0 Å². The summed E-state index contributed by atoms with van der Waals surface area (Å²) in [4.78, 5) is 2.59. The number of anilines is 1. The SMILES string of the molecule is Nc1ccccc1S(=O)(=O)CCCN1CCCC1. The van der Waals surface area contributed by atoms with Crippen LogP contribution in [0.3, 0.4) is 0 Å². The number of hydrogen-bond acceptors (Lipinski definition) is 4. The number of likely N-dealkylation sites (tertiary alicyclic amines) is 1. The van der Waals surface area contributed by atoms with Gasteiger partial charge in [0.25, 0.3) is 0 Å². The van der Waals surface area contributed by atoms with Crippen LogP contribution in [0.25, 0.3) is 0 Å². The molecule has 1 heterocycles. The Balaban J connectivity index is 1.93. The normalized spacial score (nSPS) is 17.1. The van der Waals surface area contributed by atoms with Crippen LogP contribution in [-0.2, 0) is 9.84 Å². The third-order valence-corrected chi connectivity index (χ3v) is 5.21. The summed E-state index contributed by atoms with van der Waals surface area (Å²) in [5.41, 5.74) is 6.06. The average Bonchev–Trinajstić information content (AvgIpc) is 2.82.